The van der Waals surface area contributed by atoms with Gasteiger partial charge in [0.2, 0.25) is 0 Å². The fourth-order valence-electron chi connectivity index (χ4n) is 3.76. The van der Waals surface area contributed by atoms with Crippen molar-refractivity contribution >= 4 is 22.6 Å². The summed E-state index contributed by atoms with van der Waals surface area (Å²) in [5.41, 5.74) is 3.60. The van der Waals surface area contributed by atoms with Gasteiger partial charge < -0.3 is 4.57 Å². The molecule has 1 aromatic carbocycles. The molecule has 0 spiro atoms. The molecular weight excluding hydrogens is 268 g/mol. The van der Waals surface area contributed by atoms with Gasteiger partial charge in [0.25, 0.3) is 0 Å². The van der Waals surface area contributed by atoms with Crippen molar-refractivity contribution in [1.29, 1.82) is 0 Å². The zero-order chi connectivity index (χ0) is 14.3. The maximum absolute atomic E-state index is 6.16. The number of alkyl halides is 1. The van der Waals surface area contributed by atoms with E-state index in [9.17, 15) is 0 Å². The molecule has 0 saturated heterocycles. The second kappa shape index (κ2) is 5.40. The number of nitrogens with zero attached hydrogens (tertiary/aromatic N) is 2. The van der Waals surface area contributed by atoms with Crippen LogP contribution in [0.5, 0.6) is 0 Å². The van der Waals surface area contributed by atoms with Gasteiger partial charge in [0, 0.05) is 6.04 Å². The van der Waals surface area contributed by atoms with Gasteiger partial charge in [-0.2, -0.15) is 0 Å². The van der Waals surface area contributed by atoms with E-state index in [4.69, 9.17) is 16.6 Å². The van der Waals surface area contributed by atoms with E-state index in [0.717, 1.165) is 17.3 Å². The lowest BCUT2D eigenvalue weighted by molar-refractivity contribution is 0.209. The Morgan fingerprint density at radius 1 is 1.30 bits per heavy atom. The summed E-state index contributed by atoms with van der Waals surface area (Å²) in [4.78, 5) is 4.75. The largest absolute Gasteiger partial charge is 0.324 e. The Morgan fingerprint density at radius 2 is 2.10 bits per heavy atom. The SMILES string of the molecule is Cc1ccc2c(c1)nc(CCl)n2C1CCC(C)CC1C. The van der Waals surface area contributed by atoms with Gasteiger partial charge in [-0.15, -0.1) is 11.6 Å². The van der Waals surface area contributed by atoms with E-state index in [2.05, 4.69) is 43.5 Å². The summed E-state index contributed by atoms with van der Waals surface area (Å²) in [6.07, 6.45) is 3.85. The quantitative estimate of drug-likeness (QED) is 0.705. The molecule has 0 radical (unpaired) electrons. The van der Waals surface area contributed by atoms with E-state index in [0.29, 0.717) is 17.8 Å². The maximum Gasteiger partial charge on any atom is 0.125 e. The molecule has 1 aromatic heterocycles. The smallest absolute Gasteiger partial charge is 0.125 e. The second-order valence-corrected chi connectivity index (χ2v) is 6.75. The molecule has 0 N–H and O–H groups in total. The topological polar surface area (TPSA) is 17.8 Å². The van der Waals surface area contributed by atoms with Crippen molar-refractivity contribution in [2.45, 2.75) is 52.0 Å². The van der Waals surface area contributed by atoms with Crippen molar-refractivity contribution < 1.29 is 0 Å². The average molecular weight is 291 g/mol. The summed E-state index contributed by atoms with van der Waals surface area (Å²) in [5, 5.41) is 0. The average Bonchev–Trinajstić information content (AvgIpc) is 2.76. The summed E-state index contributed by atoms with van der Waals surface area (Å²) in [6.45, 7) is 6.85. The number of aromatic nitrogens is 2. The molecule has 1 aliphatic carbocycles. The lowest BCUT2D eigenvalue weighted by Gasteiger charge is -2.34. The van der Waals surface area contributed by atoms with E-state index >= 15 is 0 Å². The number of fused-ring (bicyclic) bond motifs is 1. The van der Waals surface area contributed by atoms with Crippen molar-refractivity contribution in [1.82, 2.24) is 9.55 Å². The number of halogens is 1. The van der Waals surface area contributed by atoms with E-state index in [-0.39, 0.29) is 0 Å². The minimum atomic E-state index is 0.493. The highest BCUT2D eigenvalue weighted by Crippen LogP contribution is 2.39. The summed E-state index contributed by atoms with van der Waals surface area (Å²) in [7, 11) is 0. The Kier molecular flexibility index (Phi) is 3.76. The van der Waals surface area contributed by atoms with Gasteiger partial charge >= 0.3 is 0 Å². The second-order valence-electron chi connectivity index (χ2n) is 6.49. The lowest BCUT2D eigenvalue weighted by atomic mass is 9.79. The van der Waals surface area contributed by atoms with Crippen LogP contribution in [0.25, 0.3) is 11.0 Å². The fraction of sp³-hybridized carbons (Fsp3) is 0.588. The molecule has 1 fully saturated rings. The molecular formula is C17H23ClN2. The van der Waals surface area contributed by atoms with E-state index < -0.39 is 0 Å². The van der Waals surface area contributed by atoms with Crippen molar-refractivity contribution in [2.24, 2.45) is 11.8 Å². The first kappa shape index (κ1) is 13.9. The maximum atomic E-state index is 6.16. The molecule has 3 atom stereocenters. The Bertz CT molecular complexity index is 617. The van der Waals surface area contributed by atoms with Crippen LogP contribution in [0.3, 0.4) is 0 Å². The molecule has 3 rings (SSSR count). The molecule has 3 heteroatoms. The fourth-order valence-corrected chi connectivity index (χ4v) is 3.94. The number of benzene rings is 1. The minimum Gasteiger partial charge on any atom is -0.324 e. The first-order valence-corrected chi connectivity index (χ1v) is 8.17. The molecule has 0 amide bonds. The number of hydrogen-bond donors (Lipinski definition) is 0. The molecule has 0 bridgehead atoms. The van der Waals surface area contributed by atoms with Gasteiger partial charge in [-0.25, -0.2) is 4.98 Å². The van der Waals surface area contributed by atoms with Gasteiger partial charge in [0.05, 0.1) is 16.9 Å². The third-order valence-electron chi connectivity index (χ3n) is 4.76. The molecule has 1 heterocycles. The lowest BCUT2D eigenvalue weighted by Crippen LogP contribution is -2.25. The van der Waals surface area contributed by atoms with Gasteiger partial charge in [-0.1, -0.05) is 19.9 Å². The van der Waals surface area contributed by atoms with Crippen molar-refractivity contribution in [2.75, 3.05) is 0 Å². The Labute approximate surface area is 126 Å². The van der Waals surface area contributed by atoms with Crippen LogP contribution >= 0.6 is 11.6 Å². The highest BCUT2D eigenvalue weighted by molar-refractivity contribution is 6.16. The van der Waals surface area contributed by atoms with Crippen LogP contribution < -0.4 is 0 Å². The summed E-state index contributed by atoms with van der Waals surface area (Å²) in [6, 6.07) is 7.10. The minimum absolute atomic E-state index is 0.493. The predicted molar refractivity (Wildman–Crippen MR) is 85.2 cm³/mol. The summed E-state index contributed by atoms with van der Waals surface area (Å²) < 4.78 is 2.42. The standard InChI is InChI=1S/C17H23ClN2/c1-11-4-6-15(13(3)8-11)20-16-7-5-12(2)9-14(16)19-17(20)10-18/h5,7,9,11,13,15H,4,6,8,10H2,1-3H3. The van der Waals surface area contributed by atoms with Gasteiger partial charge in [-0.05, 0) is 55.7 Å². The molecule has 2 nitrogen and oxygen atoms in total. The van der Waals surface area contributed by atoms with Crippen molar-refractivity contribution in [3.63, 3.8) is 0 Å². The highest BCUT2D eigenvalue weighted by atomic mass is 35.5. The predicted octanol–water partition coefficient (Wildman–Crippen LogP) is 5.08. The summed E-state index contributed by atoms with van der Waals surface area (Å²) in [5.74, 6) is 3.06. The molecule has 1 saturated carbocycles. The van der Waals surface area contributed by atoms with Crippen LogP contribution in [-0.2, 0) is 5.88 Å². The molecule has 108 valence electrons. The number of aryl methyl sites for hydroxylation is 1. The number of imidazole rings is 1. The van der Waals surface area contributed by atoms with Crippen LogP contribution in [0.4, 0.5) is 0 Å². The first-order valence-electron chi connectivity index (χ1n) is 7.63. The molecule has 20 heavy (non-hydrogen) atoms. The van der Waals surface area contributed by atoms with Gasteiger partial charge in [0.1, 0.15) is 5.82 Å². The van der Waals surface area contributed by atoms with Crippen molar-refractivity contribution in [3.8, 4) is 0 Å². The Morgan fingerprint density at radius 3 is 2.80 bits per heavy atom. The molecule has 3 unspecified atom stereocenters. The third-order valence-corrected chi connectivity index (χ3v) is 4.99. The van der Waals surface area contributed by atoms with Crippen LogP contribution in [0.15, 0.2) is 18.2 Å². The number of hydrogen-bond acceptors (Lipinski definition) is 1. The first-order chi connectivity index (χ1) is 9.60. The van der Waals surface area contributed by atoms with Crippen LogP contribution in [-0.4, -0.2) is 9.55 Å². The monoisotopic (exact) mass is 290 g/mol. The zero-order valence-corrected chi connectivity index (χ0v) is 13.3. The third kappa shape index (κ3) is 2.35. The van der Waals surface area contributed by atoms with E-state index in [1.54, 1.807) is 0 Å². The molecule has 2 aromatic rings. The number of rotatable bonds is 2. The normalized spacial score (nSPS) is 27.1. The van der Waals surface area contributed by atoms with E-state index in [1.165, 1.54) is 30.3 Å². The van der Waals surface area contributed by atoms with E-state index in [1.807, 2.05) is 0 Å². The van der Waals surface area contributed by atoms with Crippen LogP contribution in [0, 0.1) is 18.8 Å². The van der Waals surface area contributed by atoms with Gasteiger partial charge in [0.15, 0.2) is 0 Å². The van der Waals surface area contributed by atoms with Gasteiger partial charge in [-0.3, -0.25) is 0 Å². The highest BCUT2D eigenvalue weighted by Gasteiger charge is 2.29. The molecule has 1 aliphatic rings. The summed E-state index contributed by atoms with van der Waals surface area (Å²) >= 11 is 6.16. The van der Waals surface area contributed by atoms with Crippen LogP contribution in [0.2, 0.25) is 0 Å². The Hall–Kier alpha value is -1.02. The zero-order valence-electron chi connectivity index (χ0n) is 12.6. The molecule has 0 aliphatic heterocycles. The Balaban J connectivity index is 2.09. The van der Waals surface area contributed by atoms with Crippen molar-refractivity contribution in [3.05, 3.63) is 29.6 Å². The van der Waals surface area contributed by atoms with Crippen LogP contribution in [0.1, 0.15) is 50.5 Å².